The lowest BCUT2D eigenvalue weighted by molar-refractivity contribution is -0.119. The van der Waals surface area contributed by atoms with Gasteiger partial charge in [-0.2, -0.15) is 0 Å². The van der Waals surface area contributed by atoms with E-state index in [-0.39, 0.29) is 5.91 Å². The molecule has 0 heterocycles. The molecule has 0 bridgehead atoms. The molecule has 0 aliphatic heterocycles. The van der Waals surface area contributed by atoms with Gasteiger partial charge >= 0.3 is 0 Å². The molecule has 2 N–H and O–H groups in total. The first-order chi connectivity index (χ1) is 7.47. The Kier molecular flexibility index (Phi) is 3.85. The second kappa shape index (κ2) is 4.94. The van der Waals surface area contributed by atoms with Gasteiger partial charge in [0.15, 0.2) is 0 Å². The maximum atomic E-state index is 11.2. The zero-order valence-electron chi connectivity index (χ0n) is 9.60. The lowest BCUT2D eigenvalue weighted by Crippen LogP contribution is -2.47. The highest BCUT2D eigenvalue weighted by atomic mass is 16.3. The molecule has 86 valence electrons. The van der Waals surface area contributed by atoms with Crippen LogP contribution in [0.1, 0.15) is 25.5 Å². The fraction of sp³-hybridized carbons (Fsp3) is 0.308. The fourth-order valence-electron chi connectivity index (χ4n) is 1.49. The van der Waals surface area contributed by atoms with Gasteiger partial charge < -0.3 is 10.4 Å². The van der Waals surface area contributed by atoms with Crippen LogP contribution in [-0.2, 0) is 4.79 Å². The van der Waals surface area contributed by atoms with Gasteiger partial charge in [-0.25, -0.2) is 0 Å². The number of carbonyl (C=O) groups is 1. The van der Waals surface area contributed by atoms with Gasteiger partial charge in [-0.15, -0.1) is 0 Å². The molecule has 0 aromatic heterocycles. The number of rotatable bonds is 4. The van der Waals surface area contributed by atoms with Crippen LogP contribution in [-0.4, -0.2) is 16.6 Å². The van der Waals surface area contributed by atoms with Crippen LogP contribution in [0.25, 0.3) is 0 Å². The standard InChI is InChI=1S/C13H17NO2/c1-4-11(15)14-13(2,3)12(16)10-8-6-5-7-9-10/h4-9,12,16H,1H2,2-3H3,(H,14,15). The average Bonchev–Trinajstić information content (AvgIpc) is 2.28. The minimum atomic E-state index is -0.752. The zero-order valence-corrected chi connectivity index (χ0v) is 9.60. The molecule has 1 atom stereocenters. The topological polar surface area (TPSA) is 49.3 Å². The normalized spacial score (nSPS) is 12.9. The molecule has 1 aromatic carbocycles. The molecule has 1 unspecified atom stereocenters. The van der Waals surface area contributed by atoms with E-state index in [0.29, 0.717) is 0 Å². The van der Waals surface area contributed by atoms with Crippen LogP contribution >= 0.6 is 0 Å². The van der Waals surface area contributed by atoms with Gasteiger partial charge in [0.05, 0.1) is 5.54 Å². The van der Waals surface area contributed by atoms with Crippen LogP contribution in [0.15, 0.2) is 43.0 Å². The van der Waals surface area contributed by atoms with Crippen molar-refractivity contribution >= 4 is 5.91 Å². The van der Waals surface area contributed by atoms with Crippen molar-refractivity contribution in [3.05, 3.63) is 48.6 Å². The lowest BCUT2D eigenvalue weighted by Gasteiger charge is -2.31. The molecule has 0 fully saturated rings. The van der Waals surface area contributed by atoms with Crippen molar-refractivity contribution in [2.45, 2.75) is 25.5 Å². The monoisotopic (exact) mass is 219 g/mol. The van der Waals surface area contributed by atoms with Crippen LogP contribution in [0.3, 0.4) is 0 Å². The van der Waals surface area contributed by atoms with E-state index in [9.17, 15) is 9.90 Å². The summed E-state index contributed by atoms with van der Waals surface area (Å²) in [6.45, 7) is 6.92. The first kappa shape index (κ1) is 12.5. The number of aliphatic hydroxyl groups excluding tert-OH is 1. The molecule has 1 amide bonds. The maximum Gasteiger partial charge on any atom is 0.243 e. The van der Waals surface area contributed by atoms with Crippen molar-refractivity contribution in [1.82, 2.24) is 5.32 Å². The number of carbonyl (C=O) groups excluding carboxylic acids is 1. The van der Waals surface area contributed by atoms with Gasteiger partial charge in [0.2, 0.25) is 5.91 Å². The molecule has 0 saturated heterocycles. The number of benzene rings is 1. The summed E-state index contributed by atoms with van der Waals surface area (Å²) in [5.74, 6) is -0.292. The lowest BCUT2D eigenvalue weighted by atomic mass is 9.91. The number of hydrogen-bond donors (Lipinski definition) is 2. The Morgan fingerprint density at radius 1 is 1.44 bits per heavy atom. The molecule has 0 spiro atoms. The Bertz CT molecular complexity index is 371. The fourth-order valence-corrected chi connectivity index (χ4v) is 1.49. The van der Waals surface area contributed by atoms with Gasteiger partial charge in [-0.3, -0.25) is 4.79 Å². The number of aliphatic hydroxyl groups is 1. The highest BCUT2D eigenvalue weighted by Gasteiger charge is 2.29. The Labute approximate surface area is 95.8 Å². The van der Waals surface area contributed by atoms with Gasteiger partial charge in [0.25, 0.3) is 0 Å². The molecule has 1 rings (SSSR count). The molecular weight excluding hydrogens is 202 g/mol. The van der Waals surface area contributed by atoms with E-state index >= 15 is 0 Å². The van der Waals surface area contributed by atoms with E-state index in [4.69, 9.17) is 0 Å². The SMILES string of the molecule is C=CC(=O)NC(C)(C)C(O)c1ccccc1. The molecule has 0 aliphatic rings. The Morgan fingerprint density at radius 3 is 2.50 bits per heavy atom. The summed E-state index contributed by atoms with van der Waals surface area (Å²) in [6, 6.07) is 9.23. The molecule has 0 saturated carbocycles. The number of amides is 1. The van der Waals surface area contributed by atoms with E-state index in [1.165, 1.54) is 6.08 Å². The smallest absolute Gasteiger partial charge is 0.243 e. The molecule has 0 aliphatic carbocycles. The van der Waals surface area contributed by atoms with E-state index in [1.54, 1.807) is 13.8 Å². The van der Waals surface area contributed by atoms with Crippen molar-refractivity contribution in [3.63, 3.8) is 0 Å². The summed E-state index contributed by atoms with van der Waals surface area (Å²) in [5.41, 5.74) is 0.0453. The second-order valence-corrected chi connectivity index (χ2v) is 4.23. The minimum Gasteiger partial charge on any atom is -0.386 e. The Balaban J connectivity index is 2.83. The first-order valence-electron chi connectivity index (χ1n) is 5.15. The molecule has 3 nitrogen and oxygen atoms in total. The second-order valence-electron chi connectivity index (χ2n) is 4.23. The highest BCUT2D eigenvalue weighted by Crippen LogP contribution is 2.24. The van der Waals surface area contributed by atoms with Crippen LogP contribution < -0.4 is 5.32 Å². The van der Waals surface area contributed by atoms with E-state index < -0.39 is 11.6 Å². The van der Waals surface area contributed by atoms with Crippen molar-refractivity contribution < 1.29 is 9.90 Å². The third kappa shape index (κ3) is 2.94. The van der Waals surface area contributed by atoms with Crippen LogP contribution in [0.2, 0.25) is 0 Å². The van der Waals surface area contributed by atoms with Gasteiger partial charge in [-0.05, 0) is 25.5 Å². The van der Waals surface area contributed by atoms with Crippen molar-refractivity contribution in [3.8, 4) is 0 Å². The first-order valence-corrected chi connectivity index (χ1v) is 5.15. The number of hydrogen-bond acceptors (Lipinski definition) is 2. The summed E-state index contributed by atoms with van der Waals surface area (Å²) < 4.78 is 0. The maximum absolute atomic E-state index is 11.2. The molecule has 1 aromatic rings. The summed E-state index contributed by atoms with van der Waals surface area (Å²) in [4.78, 5) is 11.2. The van der Waals surface area contributed by atoms with E-state index in [1.807, 2.05) is 30.3 Å². The average molecular weight is 219 g/mol. The largest absolute Gasteiger partial charge is 0.386 e. The van der Waals surface area contributed by atoms with Gasteiger partial charge in [-0.1, -0.05) is 36.9 Å². The van der Waals surface area contributed by atoms with Crippen molar-refractivity contribution in [1.29, 1.82) is 0 Å². The summed E-state index contributed by atoms with van der Waals surface area (Å²) in [5, 5.41) is 12.8. The highest BCUT2D eigenvalue weighted by molar-refractivity contribution is 5.87. The van der Waals surface area contributed by atoms with Crippen LogP contribution in [0.5, 0.6) is 0 Å². The summed E-state index contributed by atoms with van der Waals surface area (Å²) in [6.07, 6.45) is 0.442. The summed E-state index contributed by atoms with van der Waals surface area (Å²) in [7, 11) is 0. The molecular formula is C13H17NO2. The van der Waals surface area contributed by atoms with Gasteiger partial charge in [0, 0.05) is 0 Å². The number of nitrogens with one attached hydrogen (secondary N) is 1. The van der Waals surface area contributed by atoms with Crippen LogP contribution in [0, 0.1) is 0 Å². The summed E-state index contributed by atoms with van der Waals surface area (Å²) >= 11 is 0. The van der Waals surface area contributed by atoms with Crippen LogP contribution in [0.4, 0.5) is 0 Å². The zero-order chi connectivity index (χ0) is 12.2. The van der Waals surface area contributed by atoms with Gasteiger partial charge in [0.1, 0.15) is 6.10 Å². The van der Waals surface area contributed by atoms with Crippen molar-refractivity contribution in [2.24, 2.45) is 0 Å². The molecule has 0 radical (unpaired) electrons. The third-order valence-corrected chi connectivity index (χ3v) is 2.43. The predicted molar refractivity (Wildman–Crippen MR) is 63.8 cm³/mol. The van der Waals surface area contributed by atoms with E-state index in [0.717, 1.165) is 5.56 Å². The molecule has 16 heavy (non-hydrogen) atoms. The minimum absolute atomic E-state index is 0.292. The Hall–Kier alpha value is -1.61. The third-order valence-electron chi connectivity index (χ3n) is 2.43. The Morgan fingerprint density at radius 2 is 2.00 bits per heavy atom. The molecule has 3 heteroatoms. The van der Waals surface area contributed by atoms with E-state index in [2.05, 4.69) is 11.9 Å². The predicted octanol–water partition coefficient (Wildman–Crippen LogP) is 1.80. The quantitative estimate of drug-likeness (QED) is 0.759. The van der Waals surface area contributed by atoms with Crippen molar-refractivity contribution in [2.75, 3.05) is 0 Å².